The van der Waals surface area contributed by atoms with Gasteiger partial charge in [-0.15, -0.1) is 0 Å². The van der Waals surface area contributed by atoms with Crippen molar-refractivity contribution in [3.63, 3.8) is 0 Å². The average molecular weight is 303 g/mol. The summed E-state index contributed by atoms with van der Waals surface area (Å²) in [5, 5.41) is 13.6. The van der Waals surface area contributed by atoms with Crippen LogP contribution in [-0.2, 0) is 4.79 Å². The van der Waals surface area contributed by atoms with Crippen LogP contribution in [-0.4, -0.2) is 52.3 Å². The summed E-state index contributed by atoms with van der Waals surface area (Å²) >= 11 is 1.57. The Morgan fingerprint density at radius 1 is 1.35 bits per heavy atom. The van der Waals surface area contributed by atoms with E-state index in [9.17, 15) is 9.59 Å². The van der Waals surface area contributed by atoms with E-state index < -0.39 is 18.0 Å². The lowest BCUT2D eigenvalue weighted by Gasteiger charge is -2.38. The molecule has 1 rings (SSSR count). The zero-order chi connectivity index (χ0) is 15.1. The smallest absolute Gasteiger partial charge is 0.330 e. The summed E-state index contributed by atoms with van der Waals surface area (Å²) in [5.41, 5.74) is 2.79. The minimum Gasteiger partial charge on any atom is -0.480 e. The van der Waals surface area contributed by atoms with Gasteiger partial charge in [0.25, 0.3) is 0 Å². The molecular weight excluding hydrogens is 278 g/mol. The van der Waals surface area contributed by atoms with Gasteiger partial charge in [-0.1, -0.05) is 6.42 Å². The first-order valence-corrected chi connectivity index (χ1v) is 8.42. The molecule has 1 heterocycles. The van der Waals surface area contributed by atoms with E-state index in [0.29, 0.717) is 12.2 Å². The largest absolute Gasteiger partial charge is 0.480 e. The van der Waals surface area contributed by atoms with Crippen LogP contribution in [0.2, 0.25) is 0 Å². The first kappa shape index (κ1) is 17.1. The number of amides is 2. The molecule has 0 aromatic rings. The van der Waals surface area contributed by atoms with E-state index in [4.69, 9.17) is 5.11 Å². The molecule has 1 aliphatic rings. The number of nitrogens with one attached hydrogen (secondary N) is 2. The second kappa shape index (κ2) is 8.36. The zero-order valence-corrected chi connectivity index (χ0v) is 13.2. The molecule has 2 unspecified atom stereocenters. The lowest BCUT2D eigenvalue weighted by atomic mass is 10.00. The maximum Gasteiger partial charge on any atom is 0.330 e. The molecule has 0 aromatic carbocycles. The second-order valence-electron chi connectivity index (χ2n) is 5.29. The standard InChI is InChI=1S/C13H25N3O3S/c1-9-5-4-6-10(2)16(9)15-13(19)14-11(12(17)18)7-8-20-3/h9-11H,4-8H2,1-3H3,(H,17,18)(H2,14,15,19)/t9?,10?,11-/m0/s1. The third-order valence-corrected chi connectivity index (χ3v) is 4.28. The SMILES string of the molecule is CSCC[C@H](NC(=O)NN1C(C)CCCC1C)C(=O)O. The van der Waals surface area contributed by atoms with Crippen molar-refractivity contribution in [2.24, 2.45) is 0 Å². The topological polar surface area (TPSA) is 81.7 Å². The number of urea groups is 1. The first-order chi connectivity index (χ1) is 9.45. The maximum absolute atomic E-state index is 11.9. The molecule has 0 radical (unpaired) electrons. The van der Waals surface area contributed by atoms with Crippen molar-refractivity contribution in [1.82, 2.24) is 15.8 Å². The molecule has 1 fully saturated rings. The Bertz CT molecular complexity index is 331. The first-order valence-electron chi connectivity index (χ1n) is 7.03. The molecule has 0 spiro atoms. The minimum atomic E-state index is -0.992. The van der Waals surface area contributed by atoms with Crippen molar-refractivity contribution in [3.8, 4) is 0 Å². The van der Waals surface area contributed by atoms with Gasteiger partial charge in [0.05, 0.1) is 0 Å². The molecule has 1 saturated heterocycles. The van der Waals surface area contributed by atoms with Crippen LogP contribution in [0.4, 0.5) is 4.79 Å². The number of rotatable bonds is 6. The number of nitrogens with zero attached hydrogens (tertiary/aromatic N) is 1. The summed E-state index contributed by atoms with van der Waals surface area (Å²) in [6, 6.07) is -0.713. The average Bonchev–Trinajstić information content (AvgIpc) is 2.38. The molecule has 2 amide bonds. The molecule has 0 aromatic heterocycles. The number of thioether (sulfide) groups is 1. The molecule has 7 heteroatoms. The highest BCUT2D eigenvalue weighted by Crippen LogP contribution is 2.20. The molecule has 116 valence electrons. The molecule has 6 nitrogen and oxygen atoms in total. The van der Waals surface area contributed by atoms with Crippen LogP contribution in [0, 0.1) is 0 Å². The number of carboxylic acids is 1. The van der Waals surface area contributed by atoms with Crippen molar-refractivity contribution >= 4 is 23.8 Å². The second-order valence-corrected chi connectivity index (χ2v) is 6.28. The summed E-state index contributed by atoms with van der Waals surface area (Å²) in [6.07, 6.45) is 5.58. The Labute approximate surface area is 124 Å². The fourth-order valence-corrected chi connectivity index (χ4v) is 2.91. The van der Waals surface area contributed by atoms with E-state index in [-0.39, 0.29) is 12.1 Å². The fraction of sp³-hybridized carbons (Fsp3) is 0.846. The van der Waals surface area contributed by atoms with Crippen LogP contribution in [0.5, 0.6) is 0 Å². The zero-order valence-electron chi connectivity index (χ0n) is 12.4. The lowest BCUT2D eigenvalue weighted by Crippen LogP contribution is -2.58. The van der Waals surface area contributed by atoms with Gasteiger partial charge in [-0.2, -0.15) is 11.8 Å². The number of aliphatic carboxylic acids is 1. The molecule has 3 N–H and O–H groups in total. The number of hydrogen-bond donors (Lipinski definition) is 3. The normalized spacial score (nSPS) is 24.9. The van der Waals surface area contributed by atoms with Crippen molar-refractivity contribution in [1.29, 1.82) is 0 Å². The highest BCUT2D eigenvalue weighted by Gasteiger charge is 2.27. The van der Waals surface area contributed by atoms with Crippen molar-refractivity contribution in [2.75, 3.05) is 12.0 Å². The Morgan fingerprint density at radius 2 is 1.95 bits per heavy atom. The molecule has 1 aliphatic heterocycles. The van der Waals surface area contributed by atoms with Gasteiger partial charge in [0.1, 0.15) is 6.04 Å². The van der Waals surface area contributed by atoms with Crippen molar-refractivity contribution < 1.29 is 14.7 Å². The summed E-state index contributed by atoms with van der Waals surface area (Å²) in [5.74, 6) is -0.290. The van der Waals surface area contributed by atoms with E-state index in [2.05, 4.69) is 24.6 Å². The lowest BCUT2D eigenvalue weighted by molar-refractivity contribution is -0.139. The fourth-order valence-electron chi connectivity index (χ4n) is 2.44. The van der Waals surface area contributed by atoms with Gasteiger partial charge in [-0.05, 0) is 45.1 Å². The van der Waals surface area contributed by atoms with Crippen molar-refractivity contribution in [2.45, 2.75) is 57.7 Å². The van der Waals surface area contributed by atoms with Gasteiger partial charge in [-0.25, -0.2) is 14.6 Å². The van der Waals surface area contributed by atoms with Gasteiger partial charge in [0.15, 0.2) is 0 Å². The number of carbonyl (C=O) groups is 2. The van der Waals surface area contributed by atoms with E-state index in [1.807, 2.05) is 11.3 Å². The number of carboxylic acid groups (broad SMARTS) is 1. The third-order valence-electron chi connectivity index (χ3n) is 3.64. The van der Waals surface area contributed by atoms with E-state index in [0.717, 1.165) is 19.3 Å². The maximum atomic E-state index is 11.9. The third kappa shape index (κ3) is 5.20. The molecular formula is C13H25N3O3S. The Hall–Kier alpha value is -0.950. The van der Waals surface area contributed by atoms with Gasteiger partial charge in [-0.3, -0.25) is 5.43 Å². The van der Waals surface area contributed by atoms with Crippen LogP contribution in [0.25, 0.3) is 0 Å². The van der Waals surface area contributed by atoms with Gasteiger partial charge in [0.2, 0.25) is 0 Å². The minimum absolute atomic E-state index is 0.277. The summed E-state index contributed by atoms with van der Waals surface area (Å²) in [6.45, 7) is 4.14. The summed E-state index contributed by atoms with van der Waals surface area (Å²) in [4.78, 5) is 23.0. The van der Waals surface area contributed by atoms with Gasteiger partial charge >= 0.3 is 12.0 Å². The van der Waals surface area contributed by atoms with E-state index in [1.54, 1.807) is 11.8 Å². The predicted molar refractivity (Wildman–Crippen MR) is 80.7 cm³/mol. The number of hydrazine groups is 1. The van der Waals surface area contributed by atoms with Crippen molar-refractivity contribution in [3.05, 3.63) is 0 Å². The van der Waals surface area contributed by atoms with E-state index >= 15 is 0 Å². The molecule has 20 heavy (non-hydrogen) atoms. The number of piperidine rings is 1. The molecule has 0 bridgehead atoms. The Kier molecular flexibility index (Phi) is 7.15. The Balaban J connectivity index is 2.49. The quantitative estimate of drug-likeness (QED) is 0.695. The molecule has 3 atom stereocenters. The number of hydrogen-bond acceptors (Lipinski definition) is 4. The summed E-state index contributed by atoms with van der Waals surface area (Å²) in [7, 11) is 0. The summed E-state index contributed by atoms with van der Waals surface area (Å²) < 4.78 is 0. The van der Waals surface area contributed by atoms with Crippen LogP contribution >= 0.6 is 11.8 Å². The Morgan fingerprint density at radius 3 is 2.45 bits per heavy atom. The highest BCUT2D eigenvalue weighted by molar-refractivity contribution is 7.98. The van der Waals surface area contributed by atoms with Crippen LogP contribution < -0.4 is 10.7 Å². The van der Waals surface area contributed by atoms with Crippen LogP contribution in [0.3, 0.4) is 0 Å². The van der Waals surface area contributed by atoms with E-state index in [1.165, 1.54) is 0 Å². The molecule has 0 saturated carbocycles. The van der Waals surface area contributed by atoms with Gasteiger partial charge < -0.3 is 10.4 Å². The highest BCUT2D eigenvalue weighted by atomic mass is 32.2. The monoisotopic (exact) mass is 303 g/mol. The van der Waals surface area contributed by atoms with Gasteiger partial charge in [0, 0.05) is 12.1 Å². The molecule has 0 aliphatic carbocycles. The number of carbonyl (C=O) groups excluding carboxylic acids is 1. The van der Waals surface area contributed by atoms with Crippen LogP contribution in [0.15, 0.2) is 0 Å². The predicted octanol–water partition coefficient (Wildman–Crippen LogP) is 1.67. The van der Waals surface area contributed by atoms with Crippen LogP contribution in [0.1, 0.15) is 39.5 Å².